The van der Waals surface area contributed by atoms with Crippen molar-refractivity contribution in [3.63, 3.8) is 0 Å². The second kappa shape index (κ2) is 6.47. The molecule has 0 radical (unpaired) electrons. The molecule has 4 nitrogen and oxygen atoms in total. The number of rotatable bonds is 6. The third kappa shape index (κ3) is 3.35. The molecule has 0 bridgehead atoms. The topological polar surface area (TPSA) is 70.5 Å². The molecule has 1 rings (SSSR count). The number of ether oxygens (including phenoxy) is 2. The summed E-state index contributed by atoms with van der Waals surface area (Å²) in [6.45, 7) is 2.76. The average molecular weight is 238 g/mol. The maximum atomic E-state index is 6.19. The van der Waals surface area contributed by atoms with E-state index in [0.717, 1.165) is 17.7 Å². The molecule has 0 fully saturated rings. The highest BCUT2D eigenvalue weighted by Crippen LogP contribution is 2.31. The highest BCUT2D eigenvalue weighted by Gasteiger charge is 2.16. The minimum absolute atomic E-state index is 0.0293. The molecule has 0 aliphatic heterocycles. The molecular weight excluding hydrogens is 216 g/mol. The molecule has 2 unspecified atom stereocenters. The molecule has 0 aliphatic carbocycles. The molecule has 1 aromatic rings. The van der Waals surface area contributed by atoms with Gasteiger partial charge in [0.2, 0.25) is 0 Å². The van der Waals surface area contributed by atoms with Gasteiger partial charge in [-0.2, -0.15) is 0 Å². The molecule has 0 saturated carbocycles. The molecule has 0 spiro atoms. The second-order valence-corrected chi connectivity index (χ2v) is 4.19. The Bertz CT molecular complexity index is 355. The molecule has 0 aliphatic rings. The molecule has 0 aromatic heterocycles. The standard InChI is InChI=1S/C13H22N2O2/c1-9(6-7-14)13(15)10-4-5-11(16-2)12(8-10)17-3/h4-5,8-9,13H,6-7,14-15H2,1-3H3. The van der Waals surface area contributed by atoms with Crippen LogP contribution in [0.5, 0.6) is 11.5 Å². The molecular formula is C13H22N2O2. The Labute approximate surface area is 103 Å². The zero-order valence-electron chi connectivity index (χ0n) is 10.8. The summed E-state index contributed by atoms with van der Waals surface area (Å²) in [5, 5.41) is 0. The van der Waals surface area contributed by atoms with Crippen molar-refractivity contribution in [1.82, 2.24) is 0 Å². The van der Waals surface area contributed by atoms with Gasteiger partial charge in [0.15, 0.2) is 11.5 Å². The van der Waals surface area contributed by atoms with E-state index in [-0.39, 0.29) is 6.04 Å². The Morgan fingerprint density at radius 1 is 1.18 bits per heavy atom. The fourth-order valence-corrected chi connectivity index (χ4v) is 1.83. The third-order valence-electron chi connectivity index (χ3n) is 3.03. The van der Waals surface area contributed by atoms with Gasteiger partial charge >= 0.3 is 0 Å². The van der Waals surface area contributed by atoms with Crippen molar-refractivity contribution < 1.29 is 9.47 Å². The van der Waals surface area contributed by atoms with Crippen molar-refractivity contribution in [3.05, 3.63) is 23.8 Å². The highest BCUT2D eigenvalue weighted by atomic mass is 16.5. The summed E-state index contributed by atoms with van der Waals surface area (Å²) in [4.78, 5) is 0. The molecule has 4 heteroatoms. The smallest absolute Gasteiger partial charge is 0.161 e. The number of hydrogen-bond donors (Lipinski definition) is 2. The number of hydrogen-bond acceptors (Lipinski definition) is 4. The first-order valence-corrected chi connectivity index (χ1v) is 5.81. The zero-order chi connectivity index (χ0) is 12.8. The lowest BCUT2D eigenvalue weighted by Crippen LogP contribution is -2.21. The van der Waals surface area contributed by atoms with E-state index in [1.807, 2.05) is 18.2 Å². The van der Waals surface area contributed by atoms with Crippen molar-refractivity contribution in [1.29, 1.82) is 0 Å². The van der Waals surface area contributed by atoms with Crippen LogP contribution in [-0.4, -0.2) is 20.8 Å². The predicted octanol–water partition coefficient (Wildman–Crippen LogP) is 1.69. The quantitative estimate of drug-likeness (QED) is 0.791. The first-order valence-electron chi connectivity index (χ1n) is 5.81. The highest BCUT2D eigenvalue weighted by molar-refractivity contribution is 5.43. The first-order chi connectivity index (χ1) is 8.13. The fourth-order valence-electron chi connectivity index (χ4n) is 1.83. The molecule has 0 amide bonds. The number of nitrogens with two attached hydrogens (primary N) is 2. The Hall–Kier alpha value is -1.26. The van der Waals surface area contributed by atoms with Crippen molar-refractivity contribution >= 4 is 0 Å². The second-order valence-electron chi connectivity index (χ2n) is 4.19. The van der Waals surface area contributed by atoms with Crippen molar-refractivity contribution in [2.45, 2.75) is 19.4 Å². The van der Waals surface area contributed by atoms with Crippen LogP contribution in [0.25, 0.3) is 0 Å². The summed E-state index contributed by atoms with van der Waals surface area (Å²) >= 11 is 0. The minimum Gasteiger partial charge on any atom is -0.493 e. The summed E-state index contributed by atoms with van der Waals surface area (Å²) < 4.78 is 10.5. The lowest BCUT2D eigenvalue weighted by molar-refractivity contribution is 0.353. The van der Waals surface area contributed by atoms with Crippen LogP contribution in [0.15, 0.2) is 18.2 Å². The van der Waals surface area contributed by atoms with E-state index in [0.29, 0.717) is 18.2 Å². The SMILES string of the molecule is COc1ccc(C(N)C(C)CCN)cc1OC. The van der Waals surface area contributed by atoms with Crippen LogP contribution in [0.1, 0.15) is 24.9 Å². The van der Waals surface area contributed by atoms with E-state index in [4.69, 9.17) is 20.9 Å². The van der Waals surface area contributed by atoms with Gasteiger partial charge in [-0.3, -0.25) is 0 Å². The van der Waals surface area contributed by atoms with Crippen LogP contribution in [0.3, 0.4) is 0 Å². The summed E-state index contributed by atoms with van der Waals surface area (Å²) in [6.07, 6.45) is 0.912. The zero-order valence-corrected chi connectivity index (χ0v) is 10.8. The fraction of sp³-hybridized carbons (Fsp3) is 0.538. The van der Waals surface area contributed by atoms with E-state index >= 15 is 0 Å². The third-order valence-corrected chi connectivity index (χ3v) is 3.03. The van der Waals surface area contributed by atoms with Crippen LogP contribution < -0.4 is 20.9 Å². The molecule has 2 atom stereocenters. The van der Waals surface area contributed by atoms with E-state index in [9.17, 15) is 0 Å². The molecule has 4 N–H and O–H groups in total. The van der Waals surface area contributed by atoms with Gasteiger partial charge in [0.05, 0.1) is 14.2 Å². The lowest BCUT2D eigenvalue weighted by Gasteiger charge is -2.20. The summed E-state index contributed by atoms with van der Waals surface area (Å²) in [6, 6.07) is 5.75. The summed E-state index contributed by atoms with van der Waals surface area (Å²) in [5.41, 5.74) is 12.8. The van der Waals surface area contributed by atoms with Gasteiger partial charge in [0.1, 0.15) is 0 Å². The van der Waals surface area contributed by atoms with Crippen LogP contribution in [-0.2, 0) is 0 Å². The van der Waals surface area contributed by atoms with Crippen LogP contribution in [0.4, 0.5) is 0 Å². The monoisotopic (exact) mass is 238 g/mol. The van der Waals surface area contributed by atoms with E-state index in [1.165, 1.54) is 0 Å². The normalized spacial score (nSPS) is 14.2. The van der Waals surface area contributed by atoms with E-state index < -0.39 is 0 Å². The first kappa shape index (κ1) is 13.8. The van der Waals surface area contributed by atoms with Gasteiger partial charge in [-0.25, -0.2) is 0 Å². The van der Waals surface area contributed by atoms with Gasteiger partial charge in [-0.1, -0.05) is 13.0 Å². The van der Waals surface area contributed by atoms with Crippen molar-refractivity contribution in [2.24, 2.45) is 17.4 Å². The Morgan fingerprint density at radius 2 is 1.82 bits per heavy atom. The maximum Gasteiger partial charge on any atom is 0.161 e. The van der Waals surface area contributed by atoms with Gasteiger partial charge in [0.25, 0.3) is 0 Å². The molecule has 1 aromatic carbocycles. The minimum atomic E-state index is -0.0293. The molecule has 0 saturated heterocycles. The van der Waals surface area contributed by atoms with E-state index in [1.54, 1.807) is 14.2 Å². The maximum absolute atomic E-state index is 6.19. The Morgan fingerprint density at radius 3 is 2.35 bits per heavy atom. The average Bonchev–Trinajstić information content (AvgIpc) is 2.37. The van der Waals surface area contributed by atoms with Crippen molar-refractivity contribution in [2.75, 3.05) is 20.8 Å². The summed E-state index contributed by atoms with van der Waals surface area (Å²) in [5.74, 6) is 1.77. The predicted molar refractivity (Wildman–Crippen MR) is 69.3 cm³/mol. The summed E-state index contributed by atoms with van der Waals surface area (Å²) in [7, 11) is 3.24. The Kier molecular flexibility index (Phi) is 5.25. The van der Waals surface area contributed by atoms with Gasteiger partial charge in [0, 0.05) is 6.04 Å². The van der Waals surface area contributed by atoms with Crippen molar-refractivity contribution in [3.8, 4) is 11.5 Å². The Balaban J connectivity index is 2.91. The number of methoxy groups -OCH3 is 2. The van der Waals surface area contributed by atoms with Crippen LogP contribution >= 0.6 is 0 Å². The van der Waals surface area contributed by atoms with Gasteiger partial charge < -0.3 is 20.9 Å². The van der Waals surface area contributed by atoms with E-state index in [2.05, 4.69) is 6.92 Å². The van der Waals surface area contributed by atoms with Gasteiger partial charge in [-0.15, -0.1) is 0 Å². The van der Waals surface area contributed by atoms with Crippen LogP contribution in [0, 0.1) is 5.92 Å². The molecule has 96 valence electrons. The molecule has 17 heavy (non-hydrogen) atoms. The van der Waals surface area contributed by atoms with Gasteiger partial charge in [-0.05, 0) is 36.6 Å². The number of benzene rings is 1. The largest absolute Gasteiger partial charge is 0.493 e. The van der Waals surface area contributed by atoms with Crippen LogP contribution in [0.2, 0.25) is 0 Å². The lowest BCUT2D eigenvalue weighted by atomic mass is 9.92. The molecule has 0 heterocycles.